The van der Waals surface area contributed by atoms with Gasteiger partial charge in [-0.05, 0) is 24.8 Å². The summed E-state index contributed by atoms with van der Waals surface area (Å²) in [5, 5.41) is 13.6. The van der Waals surface area contributed by atoms with Gasteiger partial charge in [-0.25, -0.2) is 0 Å². The monoisotopic (exact) mass is 308 g/mol. The summed E-state index contributed by atoms with van der Waals surface area (Å²) < 4.78 is 38.5. The summed E-state index contributed by atoms with van der Waals surface area (Å²) in [7, 11) is 0. The highest BCUT2D eigenvalue weighted by Gasteiger charge is 2.38. The standard InChI is InChI=1S/C12H15F3N2O2S/c1-3-8(7-20-2)16-9-4-5-11(17(18)19)10(6-9)12(13,14)15/h4-6,8,16H,3,7H2,1-2H3. The highest BCUT2D eigenvalue weighted by atomic mass is 32.2. The number of alkyl halides is 3. The molecule has 0 saturated heterocycles. The summed E-state index contributed by atoms with van der Waals surface area (Å²) in [5.41, 5.74) is -1.92. The highest BCUT2D eigenvalue weighted by molar-refractivity contribution is 7.98. The van der Waals surface area contributed by atoms with Crippen LogP contribution in [0.3, 0.4) is 0 Å². The molecule has 1 unspecified atom stereocenters. The zero-order valence-corrected chi connectivity index (χ0v) is 11.8. The van der Waals surface area contributed by atoms with Crippen molar-refractivity contribution in [3.05, 3.63) is 33.9 Å². The molecule has 1 atom stereocenters. The Morgan fingerprint density at radius 1 is 1.45 bits per heavy atom. The molecule has 1 aromatic carbocycles. The number of nitrogens with zero attached hydrogens (tertiary/aromatic N) is 1. The van der Waals surface area contributed by atoms with Crippen LogP contribution in [-0.2, 0) is 6.18 Å². The van der Waals surface area contributed by atoms with Crippen molar-refractivity contribution < 1.29 is 18.1 Å². The topological polar surface area (TPSA) is 55.2 Å². The van der Waals surface area contributed by atoms with E-state index < -0.39 is 22.4 Å². The van der Waals surface area contributed by atoms with Gasteiger partial charge in [0.05, 0.1) is 4.92 Å². The van der Waals surface area contributed by atoms with Crippen molar-refractivity contribution in [1.82, 2.24) is 0 Å². The first-order chi connectivity index (χ1) is 9.29. The molecular weight excluding hydrogens is 293 g/mol. The number of rotatable bonds is 6. The Hall–Kier alpha value is -1.44. The maximum absolute atomic E-state index is 12.8. The number of nitro groups is 1. The lowest BCUT2D eigenvalue weighted by atomic mass is 10.1. The quantitative estimate of drug-likeness (QED) is 0.633. The second kappa shape index (κ2) is 6.83. The third-order valence-corrected chi connectivity index (χ3v) is 3.47. The number of benzene rings is 1. The molecule has 1 aromatic rings. The summed E-state index contributed by atoms with van der Waals surface area (Å²) in [6.45, 7) is 1.92. The van der Waals surface area contributed by atoms with Crippen LogP contribution in [0.4, 0.5) is 24.5 Å². The minimum Gasteiger partial charge on any atom is -0.381 e. The van der Waals surface area contributed by atoms with Gasteiger partial charge in [0.1, 0.15) is 5.56 Å². The van der Waals surface area contributed by atoms with E-state index in [1.54, 1.807) is 11.8 Å². The summed E-state index contributed by atoms with van der Waals surface area (Å²) >= 11 is 1.58. The van der Waals surface area contributed by atoms with Crippen molar-refractivity contribution in [2.45, 2.75) is 25.6 Å². The van der Waals surface area contributed by atoms with E-state index in [0.717, 1.165) is 24.3 Å². The third kappa shape index (κ3) is 4.29. The zero-order valence-electron chi connectivity index (χ0n) is 11.0. The zero-order chi connectivity index (χ0) is 15.3. The number of anilines is 1. The Balaban J connectivity index is 3.10. The Morgan fingerprint density at radius 2 is 2.10 bits per heavy atom. The van der Waals surface area contributed by atoms with E-state index in [9.17, 15) is 23.3 Å². The van der Waals surface area contributed by atoms with E-state index in [-0.39, 0.29) is 11.7 Å². The van der Waals surface area contributed by atoms with Crippen molar-refractivity contribution in [3.8, 4) is 0 Å². The van der Waals surface area contributed by atoms with E-state index >= 15 is 0 Å². The first kappa shape index (κ1) is 16.6. The molecule has 20 heavy (non-hydrogen) atoms. The normalized spacial score (nSPS) is 13.1. The lowest BCUT2D eigenvalue weighted by Gasteiger charge is -2.18. The molecule has 0 bridgehead atoms. The van der Waals surface area contributed by atoms with Gasteiger partial charge in [0.15, 0.2) is 0 Å². The summed E-state index contributed by atoms with van der Waals surface area (Å²) in [5.74, 6) is 0.745. The minimum atomic E-state index is -4.75. The molecule has 8 heteroatoms. The molecule has 0 saturated carbocycles. The fourth-order valence-electron chi connectivity index (χ4n) is 1.71. The fraction of sp³-hybridized carbons (Fsp3) is 0.500. The van der Waals surface area contributed by atoms with Gasteiger partial charge < -0.3 is 5.32 Å². The fourth-order valence-corrected chi connectivity index (χ4v) is 2.43. The first-order valence-corrected chi connectivity index (χ1v) is 7.30. The number of halogens is 3. The predicted molar refractivity (Wildman–Crippen MR) is 74.2 cm³/mol. The van der Waals surface area contributed by atoms with E-state index in [4.69, 9.17) is 0 Å². The largest absolute Gasteiger partial charge is 0.423 e. The van der Waals surface area contributed by atoms with E-state index in [0.29, 0.717) is 0 Å². The van der Waals surface area contributed by atoms with Crippen LogP contribution in [0.25, 0.3) is 0 Å². The van der Waals surface area contributed by atoms with Gasteiger partial charge in [0, 0.05) is 23.5 Å². The van der Waals surface area contributed by atoms with Gasteiger partial charge in [0.25, 0.3) is 5.69 Å². The van der Waals surface area contributed by atoms with Gasteiger partial charge in [-0.2, -0.15) is 24.9 Å². The maximum Gasteiger partial charge on any atom is 0.423 e. The number of hydrogen-bond donors (Lipinski definition) is 1. The Bertz CT molecular complexity index is 480. The van der Waals surface area contributed by atoms with Crippen LogP contribution >= 0.6 is 11.8 Å². The van der Waals surface area contributed by atoms with E-state index in [1.165, 1.54) is 6.07 Å². The van der Waals surface area contributed by atoms with Crippen LogP contribution in [0.2, 0.25) is 0 Å². The lowest BCUT2D eigenvalue weighted by molar-refractivity contribution is -0.388. The molecule has 0 radical (unpaired) electrons. The second-order valence-electron chi connectivity index (χ2n) is 4.19. The predicted octanol–water partition coefficient (Wildman–Crippen LogP) is 4.17. The third-order valence-electron chi connectivity index (χ3n) is 2.73. The van der Waals surface area contributed by atoms with Crippen molar-refractivity contribution in [2.24, 2.45) is 0 Å². The average Bonchev–Trinajstić information content (AvgIpc) is 2.36. The molecule has 0 aliphatic carbocycles. The van der Waals surface area contributed by atoms with E-state index in [1.807, 2.05) is 13.2 Å². The van der Waals surface area contributed by atoms with Crippen LogP contribution in [0, 0.1) is 10.1 Å². The number of thioether (sulfide) groups is 1. The van der Waals surface area contributed by atoms with Crippen molar-refractivity contribution >= 4 is 23.1 Å². The average molecular weight is 308 g/mol. The van der Waals surface area contributed by atoms with Crippen molar-refractivity contribution in [2.75, 3.05) is 17.3 Å². The summed E-state index contributed by atoms with van der Waals surface area (Å²) in [4.78, 5) is 9.62. The Kier molecular flexibility index (Phi) is 5.67. The molecule has 0 aliphatic rings. The maximum atomic E-state index is 12.8. The molecule has 4 nitrogen and oxygen atoms in total. The van der Waals surface area contributed by atoms with Gasteiger partial charge in [-0.3, -0.25) is 10.1 Å². The van der Waals surface area contributed by atoms with Gasteiger partial charge in [-0.15, -0.1) is 0 Å². The molecule has 0 aliphatic heterocycles. The number of hydrogen-bond acceptors (Lipinski definition) is 4. The van der Waals surface area contributed by atoms with Crippen LogP contribution in [0.15, 0.2) is 18.2 Å². The summed E-state index contributed by atoms with van der Waals surface area (Å²) in [6, 6.07) is 3.00. The molecule has 0 heterocycles. The van der Waals surface area contributed by atoms with Crippen LogP contribution < -0.4 is 5.32 Å². The molecule has 0 fully saturated rings. The first-order valence-electron chi connectivity index (χ1n) is 5.90. The number of nitrogens with one attached hydrogen (secondary N) is 1. The molecular formula is C12H15F3N2O2S. The van der Waals surface area contributed by atoms with Crippen molar-refractivity contribution in [1.29, 1.82) is 0 Å². The smallest absolute Gasteiger partial charge is 0.381 e. The summed E-state index contributed by atoms with van der Waals surface area (Å²) in [6.07, 6.45) is -2.10. The van der Waals surface area contributed by atoms with Crippen LogP contribution in [0.1, 0.15) is 18.9 Å². The minimum absolute atomic E-state index is 0.0209. The highest BCUT2D eigenvalue weighted by Crippen LogP contribution is 2.37. The lowest BCUT2D eigenvalue weighted by Crippen LogP contribution is -2.21. The molecule has 112 valence electrons. The Labute approximate surface area is 118 Å². The van der Waals surface area contributed by atoms with Gasteiger partial charge >= 0.3 is 6.18 Å². The molecule has 1 N–H and O–H groups in total. The molecule has 1 rings (SSSR count). The SMILES string of the molecule is CCC(CSC)Nc1ccc([N+](=O)[O-])c(C(F)(F)F)c1. The van der Waals surface area contributed by atoms with E-state index in [2.05, 4.69) is 5.32 Å². The number of nitro benzene ring substituents is 1. The van der Waals surface area contributed by atoms with Crippen molar-refractivity contribution in [3.63, 3.8) is 0 Å². The van der Waals surface area contributed by atoms with Gasteiger partial charge in [0.2, 0.25) is 0 Å². The second-order valence-corrected chi connectivity index (χ2v) is 5.10. The van der Waals surface area contributed by atoms with Crippen LogP contribution in [-0.4, -0.2) is 23.0 Å². The van der Waals surface area contributed by atoms with Crippen LogP contribution in [0.5, 0.6) is 0 Å². The molecule has 0 amide bonds. The molecule has 0 spiro atoms. The Morgan fingerprint density at radius 3 is 2.55 bits per heavy atom. The molecule has 0 aromatic heterocycles. The van der Waals surface area contributed by atoms with Gasteiger partial charge in [-0.1, -0.05) is 6.92 Å².